The molecule has 0 fully saturated rings. The fourth-order valence-corrected chi connectivity index (χ4v) is 2.28. The van der Waals surface area contributed by atoms with Crippen LogP contribution in [0.5, 0.6) is 0 Å². The molecule has 0 heterocycles. The van der Waals surface area contributed by atoms with Gasteiger partial charge in [0.05, 0.1) is 13.2 Å². The van der Waals surface area contributed by atoms with E-state index in [-0.39, 0.29) is 19.8 Å². The summed E-state index contributed by atoms with van der Waals surface area (Å²) < 4.78 is 38.2. The number of halogens is 2. The van der Waals surface area contributed by atoms with Gasteiger partial charge in [-0.2, -0.15) is 0 Å². The first kappa shape index (κ1) is 20.0. The van der Waals surface area contributed by atoms with Crippen LogP contribution in [0.1, 0.15) is 43.7 Å². The minimum Gasteiger partial charge on any atom is -0.465 e. The van der Waals surface area contributed by atoms with Crippen LogP contribution in [0.25, 0.3) is 0 Å². The van der Waals surface area contributed by atoms with E-state index in [1.54, 1.807) is 0 Å². The summed E-state index contributed by atoms with van der Waals surface area (Å²) in [5.41, 5.74) is -0.286. The molecule has 0 unspecified atom stereocenters. The van der Waals surface area contributed by atoms with Gasteiger partial charge < -0.3 is 14.6 Å². The molecule has 0 aliphatic heterocycles. The molecule has 0 aliphatic rings. The van der Waals surface area contributed by atoms with Gasteiger partial charge in [0, 0.05) is 12.2 Å². The fraction of sp³-hybridized carbons (Fsp3) is 0.529. The molecule has 1 rings (SSSR count). The Morgan fingerprint density at radius 2 is 1.54 bits per heavy atom. The van der Waals surface area contributed by atoms with Gasteiger partial charge in [-0.1, -0.05) is 0 Å². The van der Waals surface area contributed by atoms with Crippen molar-refractivity contribution >= 4 is 11.9 Å². The van der Waals surface area contributed by atoms with Crippen molar-refractivity contribution in [2.45, 2.75) is 39.0 Å². The van der Waals surface area contributed by atoms with Crippen molar-refractivity contribution in [3.05, 3.63) is 34.9 Å². The Labute approximate surface area is 139 Å². The van der Waals surface area contributed by atoms with E-state index in [1.165, 1.54) is 13.8 Å². The van der Waals surface area contributed by atoms with Crippen molar-refractivity contribution in [3.8, 4) is 0 Å². The van der Waals surface area contributed by atoms with Crippen molar-refractivity contribution < 1.29 is 33.0 Å². The Hall–Kier alpha value is -2.02. The molecular formula is C17H22F2O5. The van der Waals surface area contributed by atoms with Gasteiger partial charge in [-0.15, -0.1) is 0 Å². The Morgan fingerprint density at radius 1 is 1.04 bits per heavy atom. The number of carbonyl (C=O) groups is 2. The third-order valence-electron chi connectivity index (χ3n) is 3.35. The smallest absolute Gasteiger partial charge is 0.325 e. The van der Waals surface area contributed by atoms with Crippen LogP contribution in [0.4, 0.5) is 8.78 Å². The van der Waals surface area contributed by atoms with Gasteiger partial charge in [0.1, 0.15) is 11.6 Å². The zero-order chi connectivity index (χ0) is 18.1. The lowest BCUT2D eigenvalue weighted by Crippen LogP contribution is -2.28. The number of esters is 2. The standard InChI is InChI=1S/C17H22F2O5/c1-3-23-16(21)15(17(22)24-4-2)14-12(18)9-11(10-13(14)19)7-5-6-8-20/h9-10,15,20H,3-8H2,1-2H3. The first-order valence-electron chi connectivity index (χ1n) is 7.88. The predicted octanol–water partition coefficient (Wildman–Crippen LogP) is 2.49. The Kier molecular flexibility index (Phi) is 8.32. The quantitative estimate of drug-likeness (QED) is 0.423. The molecule has 5 nitrogen and oxygen atoms in total. The number of benzene rings is 1. The molecule has 0 bridgehead atoms. The molecule has 0 atom stereocenters. The molecule has 1 aromatic carbocycles. The highest BCUT2D eigenvalue weighted by atomic mass is 19.1. The number of rotatable bonds is 9. The molecule has 1 aromatic rings. The van der Waals surface area contributed by atoms with Crippen molar-refractivity contribution in [2.24, 2.45) is 0 Å². The maximum absolute atomic E-state index is 14.4. The summed E-state index contributed by atoms with van der Waals surface area (Å²) in [5, 5.41) is 8.74. The topological polar surface area (TPSA) is 72.8 Å². The van der Waals surface area contributed by atoms with E-state index in [0.717, 1.165) is 12.1 Å². The molecule has 0 aliphatic carbocycles. The van der Waals surface area contributed by atoms with E-state index < -0.39 is 35.1 Å². The SMILES string of the molecule is CCOC(=O)C(C(=O)OCC)c1c(F)cc(CCCCO)cc1F. The summed E-state index contributed by atoms with van der Waals surface area (Å²) in [4.78, 5) is 24.0. The van der Waals surface area contributed by atoms with Gasteiger partial charge in [-0.25, -0.2) is 8.78 Å². The van der Waals surface area contributed by atoms with Crippen molar-refractivity contribution in [2.75, 3.05) is 19.8 Å². The second-order valence-electron chi connectivity index (χ2n) is 5.09. The summed E-state index contributed by atoms with van der Waals surface area (Å²) in [6, 6.07) is 2.17. The number of carbonyl (C=O) groups excluding carboxylic acids is 2. The maximum atomic E-state index is 14.4. The normalized spacial score (nSPS) is 10.8. The average molecular weight is 344 g/mol. The van der Waals surface area contributed by atoms with Crippen LogP contribution in [-0.2, 0) is 25.5 Å². The number of hydrogen-bond donors (Lipinski definition) is 1. The summed E-state index contributed by atoms with van der Waals surface area (Å²) in [5.74, 6) is -5.90. The number of aliphatic hydroxyl groups excluding tert-OH is 1. The molecule has 0 saturated heterocycles. The largest absolute Gasteiger partial charge is 0.465 e. The molecule has 0 saturated carbocycles. The lowest BCUT2D eigenvalue weighted by molar-refractivity contribution is -0.157. The lowest BCUT2D eigenvalue weighted by atomic mass is 9.95. The number of hydrogen-bond acceptors (Lipinski definition) is 5. The van der Waals surface area contributed by atoms with E-state index in [9.17, 15) is 18.4 Å². The van der Waals surface area contributed by atoms with E-state index in [2.05, 4.69) is 0 Å². The van der Waals surface area contributed by atoms with Crippen molar-refractivity contribution in [1.29, 1.82) is 0 Å². The average Bonchev–Trinajstić information content (AvgIpc) is 2.51. The highest BCUT2D eigenvalue weighted by molar-refractivity contribution is 6.01. The van der Waals surface area contributed by atoms with Crippen LogP contribution in [0.3, 0.4) is 0 Å². The van der Waals surface area contributed by atoms with Crippen LogP contribution in [-0.4, -0.2) is 36.9 Å². The first-order valence-corrected chi connectivity index (χ1v) is 7.88. The zero-order valence-corrected chi connectivity index (χ0v) is 13.8. The second-order valence-corrected chi connectivity index (χ2v) is 5.09. The Morgan fingerprint density at radius 3 is 1.96 bits per heavy atom. The van der Waals surface area contributed by atoms with Crippen LogP contribution in [0.15, 0.2) is 12.1 Å². The zero-order valence-electron chi connectivity index (χ0n) is 13.8. The van der Waals surface area contributed by atoms with Crippen LogP contribution >= 0.6 is 0 Å². The van der Waals surface area contributed by atoms with Gasteiger partial charge in [-0.05, 0) is 50.8 Å². The van der Waals surface area contributed by atoms with Gasteiger partial charge in [0.25, 0.3) is 0 Å². The number of aliphatic hydroxyl groups is 1. The first-order chi connectivity index (χ1) is 11.5. The summed E-state index contributed by atoms with van der Waals surface area (Å²) >= 11 is 0. The van der Waals surface area contributed by atoms with Crippen LogP contribution in [0.2, 0.25) is 0 Å². The third-order valence-corrected chi connectivity index (χ3v) is 3.35. The monoisotopic (exact) mass is 344 g/mol. The fourth-order valence-electron chi connectivity index (χ4n) is 2.28. The minimum absolute atomic E-state index is 0.00314. The van der Waals surface area contributed by atoms with Crippen LogP contribution in [0, 0.1) is 11.6 Å². The maximum Gasteiger partial charge on any atom is 0.325 e. The molecule has 0 aromatic heterocycles. The van der Waals surface area contributed by atoms with Gasteiger partial charge in [-0.3, -0.25) is 9.59 Å². The number of aryl methyl sites for hydroxylation is 1. The third kappa shape index (κ3) is 5.26. The molecule has 24 heavy (non-hydrogen) atoms. The molecular weight excluding hydrogens is 322 g/mol. The van der Waals surface area contributed by atoms with Crippen molar-refractivity contribution in [3.63, 3.8) is 0 Å². The molecule has 0 amide bonds. The number of unbranched alkanes of at least 4 members (excludes halogenated alkanes) is 1. The minimum atomic E-state index is -1.80. The summed E-state index contributed by atoms with van der Waals surface area (Å²) in [6.07, 6.45) is 1.45. The predicted molar refractivity (Wildman–Crippen MR) is 82.4 cm³/mol. The molecule has 7 heteroatoms. The Balaban J connectivity index is 3.17. The summed E-state index contributed by atoms with van der Waals surface area (Å²) in [6.45, 7) is 2.99. The highest BCUT2D eigenvalue weighted by Crippen LogP contribution is 2.27. The Bertz CT molecular complexity index is 533. The molecule has 134 valence electrons. The van der Waals surface area contributed by atoms with Crippen molar-refractivity contribution in [1.82, 2.24) is 0 Å². The van der Waals surface area contributed by atoms with Gasteiger partial charge in [0.2, 0.25) is 0 Å². The second kappa shape index (κ2) is 9.97. The van der Waals surface area contributed by atoms with E-state index in [0.29, 0.717) is 24.8 Å². The van der Waals surface area contributed by atoms with Gasteiger partial charge in [0.15, 0.2) is 5.92 Å². The van der Waals surface area contributed by atoms with E-state index in [4.69, 9.17) is 14.6 Å². The van der Waals surface area contributed by atoms with Gasteiger partial charge >= 0.3 is 11.9 Å². The van der Waals surface area contributed by atoms with Crippen LogP contribution < -0.4 is 0 Å². The van der Waals surface area contributed by atoms with E-state index >= 15 is 0 Å². The molecule has 0 spiro atoms. The lowest BCUT2D eigenvalue weighted by Gasteiger charge is -2.17. The number of ether oxygens (including phenoxy) is 2. The molecule has 1 N–H and O–H groups in total. The van der Waals surface area contributed by atoms with E-state index in [1.807, 2.05) is 0 Å². The summed E-state index contributed by atoms with van der Waals surface area (Å²) in [7, 11) is 0. The molecule has 0 radical (unpaired) electrons. The highest BCUT2D eigenvalue weighted by Gasteiger charge is 2.36.